The van der Waals surface area contributed by atoms with Crippen LogP contribution in [0.3, 0.4) is 0 Å². The van der Waals surface area contributed by atoms with E-state index >= 15 is 0 Å². The first-order valence-corrected chi connectivity index (χ1v) is 5.19. The average Bonchev–Trinajstić information content (AvgIpc) is 1.92. The van der Waals surface area contributed by atoms with E-state index in [9.17, 15) is 4.79 Å². The molecule has 0 heterocycles. The summed E-state index contributed by atoms with van der Waals surface area (Å²) in [5, 5.41) is 0. The van der Waals surface area contributed by atoms with Gasteiger partial charge in [-0.2, -0.15) is 0 Å². The number of halogens is 3. The first-order valence-electron chi connectivity index (χ1n) is 4.06. The summed E-state index contributed by atoms with van der Waals surface area (Å²) in [5.41, 5.74) is 0.403. The van der Waals surface area contributed by atoms with Gasteiger partial charge in [-0.3, -0.25) is 4.79 Å². The average molecular weight is 242 g/mol. The standard InChI is InChI=1S/C9H11Cl3O/c1-8(2)4-3-6(13)5-7(8)9(10,11)12/h5H,3-4H2,1-2H3. The van der Waals surface area contributed by atoms with Crippen LogP contribution in [0.5, 0.6) is 0 Å². The van der Waals surface area contributed by atoms with Gasteiger partial charge in [0.1, 0.15) is 0 Å². The van der Waals surface area contributed by atoms with Crippen LogP contribution >= 0.6 is 34.8 Å². The molecular weight excluding hydrogens is 230 g/mol. The Labute approximate surface area is 93.0 Å². The van der Waals surface area contributed by atoms with Crippen molar-refractivity contribution in [3.63, 3.8) is 0 Å². The van der Waals surface area contributed by atoms with Gasteiger partial charge >= 0.3 is 0 Å². The van der Waals surface area contributed by atoms with Crippen molar-refractivity contribution in [1.29, 1.82) is 0 Å². The van der Waals surface area contributed by atoms with Gasteiger partial charge in [0.15, 0.2) is 5.78 Å². The lowest BCUT2D eigenvalue weighted by molar-refractivity contribution is -0.115. The lowest BCUT2D eigenvalue weighted by atomic mass is 9.76. The van der Waals surface area contributed by atoms with Crippen LogP contribution in [0.1, 0.15) is 26.7 Å². The zero-order valence-corrected chi connectivity index (χ0v) is 9.80. The second kappa shape index (κ2) is 3.45. The molecule has 0 spiro atoms. The number of carbonyl (C=O) groups excluding carboxylic acids is 1. The van der Waals surface area contributed by atoms with Crippen molar-refractivity contribution >= 4 is 40.6 Å². The molecule has 13 heavy (non-hydrogen) atoms. The Morgan fingerprint density at radius 2 is 1.92 bits per heavy atom. The van der Waals surface area contributed by atoms with Gasteiger partial charge < -0.3 is 0 Å². The van der Waals surface area contributed by atoms with Crippen molar-refractivity contribution in [2.45, 2.75) is 30.5 Å². The van der Waals surface area contributed by atoms with Crippen molar-refractivity contribution in [3.8, 4) is 0 Å². The van der Waals surface area contributed by atoms with E-state index in [1.54, 1.807) is 0 Å². The Kier molecular flexibility index (Phi) is 3.01. The fraction of sp³-hybridized carbons (Fsp3) is 0.667. The summed E-state index contributed by atoms with van der Waals surface area (Å²) in [7, 11) is 0. The van der Waals surface area contributed by atoms with Gasteiger partial charge in [0.2, 0.25) is 3.79 Å². The first-order chi connectivity index (χ1) is 5.73. The van der Waals surface area contributed by atoms with E-state index in [2.05, 4.69) is 0 Å². The van der Waals surface area contributed by atoms with Crippen molar-refractivity contribution in [1.82, 2.24) is 0 Å². The van der Waals surface area contributed by atoms with Gasteiger partial charge in [0.05, 0.1) is 0 Å². The van der Waals surface area contributed by atoms with Crippen molar-refractivity contribution in [2.24, 2.45) is 5.41 Å². The molecule has 1 rings (SSSR count). The van der Waals surface area contributed by atoms with Crippen molar-refractivity contribution in [3.05, 3.63) is 11.6 Å². The lowest BCUT2D eigenvalue weighted by Crippen LogP contribution is -2.29. The van der Waals surface area contributed by atoms with Crippen LogP contribution in [0.15, 0.2) is 11.6 Å². The van der Waals surface area contributed by atoms with E-state index in [4.69, 9.17) is 34.8 Å². The highest BCUT2D eigenvalue weighted by atomic mass is 35.6. The van der Waals surface area contributed by atoms with Crippen LogP contribution in [-0.2, 0) is 4.79 Å². The zero-order chi connectivity index (χ0) is 10.3. The van der Waals surface area contributed by atoms with E-state index in [1.165, 1.54) is 6.08 Å². The summed E-state index contributed by atoms with van der Waals surface area (Å²) in [5.74, 6) is 0.0423. The minimum atomic E-state index is -1.46. The Hall–Kier alpha value is 0.280. The third-order valence-electron chi connectivity index (χ3n) is 2.34. The van der Waals surface area contributed by atoms with Gasteiger partial charge in [0.25, 0.3) is 0 Å². The Morgan fingerprint density at radius 3 is 2.31 bits per heavy atom. The number of allylic oxidation sites excluding steroid dienone is 2. The Balaban J connectivity index is 3.09. The molecule has 74 valence electrons. The number of rotatable bonds is 0. The molecule has 1 aliphatic rings. The Morgan fingerprint density at radius 1 is 1.38 bits per heavy atom. The van der Waals surface area contributed by atoms with Crippen molar-refractivity contribution in [2.75, 3.05) is 0 Å². The van der Waals surface area contributed by atoms with Gasteiger partial charge in [0, 0.05) is 6.42 Å². The molecule has 0 N–H and O–H groups in total. The van der Waals surface area contributed by atoms with Crippen LogP contribution < -0.4 is 0 Å². The predicted octanol–water partition coefficient (Wildman–Crippen LogP) is 3.67. The maximum atomic E-state index is 11.2. The molecule has 1 nitrogen and oxygen atoms in total. The highest BCUT2D eigenvalue weighted by molar-refractivity contribution is 6.69. The number of hydrogen-bond donors (Lipinski definition) is 0. The highest BCUT2D eigenvalue weighted by Crippen LogP contribution is 2.48. The molecule has 1 aliphatic carbocycles. The molecule has 0 aliphatic heterocycles. The molecule has 0 aromatic heterocycles. The summed E-state index contributed by atoms with van der Waals surface area (Å²) >= 11 is 17.3. The summed E-state index contributed by atoms with van der Waals surface area (Å²) in [4.78, 5) is 11.2. The maximum absolute atomic E-state index is 11.2. The summed E-state index contributed by atoms with van der Waals surface area (Å²) in [6.07, 6.45) is 2.75. The smallest absolute Gasteiger partial charge is 0.213 e. The Bertz CT molecular complexity index is 261. The van der Waals surface area contributed by atoms with E-state index in [1.807, 2.05) is 13.8 Å². The summed E-state index contributed by atoms with van der Waals surface area (Å²) in [6, 6.07) is 0. The van der Waals surface area contributed by atoms with E-state index < -0.39 is 3.79 Å². The third kappa shape index (κ3) is 2.61. The molecule has 0 fully saturated rings. The summed E-state index contributed by atoms with van der Waals surface area (Å²) < 4.78 is -1.46. The van der Waals surface area contributed by atoms with Crippen LogP contribution in [0.25, 0.3) is 0 Å². The number of ketones is 1. The molecule has 0 radical (unpaired) electrons. The van der Waals surface area contributed by atoms with Crippen molar-refractivity contribution < 1.29 is 4.79 Å². The molecule has 0 amide bonds. The molecule has 0 bridgehead atoms. The lowest BCUT2D eigenvalue weighted by Gasteiger charge is -2.34. The van der Waals surface area contributed by atoms with E-state index in [0.29, 0.717) is 12.0 Å². The second-order valence-corrected chi connectivity index (χ2v) is 6.19. The van der Waals surface area contributed by atoms with Gasteiger partial charge in [-0.25, -0.2) is 0 Å². The van der Waals surface area contributed by atoms with Crippen LogP contribution in [0, 0.1) is 5.41 Å². The monoisotopic (exact) mass is 240 g/mol. The number of alkyl halides is 3. The van der Waals surface area contributed by atoms with E-state index in [0.717, 1.165) is 6.42 Å². The minimum absolute atomic E-state index is 0.0423. The fourth-order valence-electron chi connectivity index (χ4n) is 1.46. The fourth-order valence-corrected chi connectivity index (χ4v) is 2.40. The molecule has 0 aromatic carbocycles. The highest BCUT2D eigenvalue weighted by Gasteiger charge is 2.39. The molecule has 0 saturated carbocycles. The van der Waals surface area contributed by atoms with Crippen LogP contribution in [0.2, 0.25) is 0 Å². The van der Waals surface area contributed by atoms with E-state index in [-0.39, 0.29) is 11.2 Å². The molecule has 0 aromatic rings. The largest absolute Gasteiger partial charge is 0.295 e. The minimum Gasteiger partial charge on any atom is -0.295 e. The molecule has 0 atom stereocenters. The number of carbonyl (C=O) groups is 1. The summed E-state index contributed by atoms with van der Waals surface area (Å²) in [6.45, 7) is 3.96. The third-order valence-corrected chi connectivity index (χ3v) is 2.95. The molecule has 4 heteroatoms. The van der Waals surface area contributed by atoms with Crippen LogP contribution in [-0.4, -0.2) is 9.58 Å². The quantitative estimate of drug-likeness (QED) is 0.592. The molecule has 0 unspecified atom stereocenters. The SMILES string of the molecule is CC1(C)CCC(=O)C=C1C(Cl)(Cl)Cl. The molecule has 0 saturated heterocycles. The van der Waals surface area contributed by atoms with Crippen LogP contribution in [0.4, 0.5) is 0 Å². The number of hydrogen-bond acceptors (Lipinski definition) is 1. The maximum Gasteiger partial charge on any atom is 0.213 e. The first kappa shape index (κ1) is 11.4. The van der Waals surface area contributed by atoms with Gasteiger partial charge in [-0.05, 0) is 23.5 Å². The van der Waals surface area contributed by atoms with Gasteiger partial charge in [-0.1, -0.05) is 48.7 Å². The molecular formula is C9H11Cl3O. The predicted molar refractivity (Wildman–Crippen MR) is 56.4 cm³/mol. The van der Waals surface area contributed by atoms with Gasteiger partial charge in [-0.15, -0.1) is 0 Å². The zero-order valence-electron chi connectivity index (χ0n) is 7.53. The topological polar surface area (TPSA) is 17.1 Å². The second-order valence-electron chi connectivity index (χ2n) is 3.91. The normalized spacial score (nSPS) is 22.8.